The summed E-state index contributed by atoms with van der Waals surface area (Å²) in [6.07, 6.45) is -0.505. The van der Waals surface area contributed by atoms with E-state index in [0.29, 0.717) is 6.61 Å². The van der Waals surface area contributed by atoms with Gasteiger partial charge in [-0.25, -0.2) is 15.6 Å². The van der Waals surface area contributed by atoms with Crippen LogP contribution in [0.1, 0.15) is 6.92 Å². The van der Waals surface area contributed by atoms with Crippen molar-refractivity contribution in [1.82, 2.24) is 5.01 Å². The second kappa shape index (κ2) is 4.47. The maximum atomic E-state index is 10.6. The number of carbonyl (C=O) groups excluding carboxylic acids is 1. The molecule has 2 atom stereocenters. The summed E-state index contributed by atoms with van der Waals surface area (Å²) >= 11 is 0. The lowest BCUT2D eigenvalue weighted by Crippen LogP contribution is -2.34. The van der Waals surface area contributed by atoms with E-state index in [4.69, 9.17) is 10.6 Å². The topological polar surface area (TPSA) is 55.6 Å². The number of rotatable bonds is 2. The Morgan fingerprint density at radius 2 is 2.40 bits per heavy atom. The number of hydrazine groups is 1. The van der Waals surface area contributed by atoms with Gasteiger partial charge in [0.15, 0.2) is 0 Å². The lowest BCUT2D eigenvalue weighted by molar-refractivity contribution is 0.112. The van der Waals surface area contributed by atoms with Gasteiger partial charge in [0.25, 0.3) is 0 Å². The highest BCUT2D eigenvalue weighted by molar-refractivity contribution is 7.17. The molecule has 0 rings (SSSR count). The number of ether oxygens (including phenoxy) is 1. The standard InChI is InChI=1S/C5H13N2O2P/c1-4(10)3-9-5(8)7(2)6/h4H,3,6,10H2,1-2H3. The Labute approximate surface area is 62.9 Å². The van der Waals surface area contributed by atoms with E-state index in [9.17, 15) is 4.79 Å². The molecule has 0 aromatic rings. The molecule has 2 N–H and O–H groups in total. The Bertz CT molecular complexity index is 116. The highest BCUT2D eigenvalue weighted by atomic mass is 31.0. The highest BCUT2D eigenvalue weighted by Crippen LogP contribution is 1.98. The minimum Gasteiger partial charge on any atom is -0.448 e. The molecule has 0 aliphatic rings. The third-order valence-electron chi connectivity index (χ3n) is 0.758. The first kappa shape index (κ1) is 9.66. The van der Waals surface area contributed by atoms with Crippen LogP contribution in [-0.4, -0.2) is 30.4 Å². The molecule has 0 spiro atoms. The highest BCUT2D eigenvalue weighted by Gasteiger charge is 2.05. The monoisotopic (exact) mass is 164 g/mol. The molecule has 0 saturated carbocycles. The molecule has 0 aliphatic heterocycles. The first-order chi connectivity index (χ1) is 4.54. The van der Waals surface area contributed by atoms with Crippen molar-refractivity contribution in [3.05, 3.63) is 0 Å². The minimum atomic E-state index is -0.505. The number of nitrogens with two attached hydrogens (primary N) is 1. The van der Waals surface area contributed by atoms with Crippen LogP contribution >= 0.6 is 9.24 Å². The molecule has 0 bridgehead atoms. The van der Waals surface area contributed by atoms with Gasteiger partial charge < -0.3 is 4.74 Å². The molecular weight excluding hydrogens is 151 g/mol. The van der Waals surface area contributed by atoms with E-state index < -0.39 is 6.09 Å². The van der Waals surface area contributed by atoms with Crippen molar-refractivity contribution >= 4 is 15.3 Å². The second-order valence-corrected chi connectivity index (χ2v) is 3.30. The Hall–Kier alpha value is -0.340. The fourth-order valence-corrected chi connectivity index (χ4v) is 0.401. The molecule has 2 unspecified atom stereocenters. The Morgan fingerprint density at radius 1 is 1.90 bits per heavy atom. The summed E-state index contributed by atoms with van der Waals surface area (Å²) in [5.41, 5.74) is 0.267. The summed E-state index contributed by atoms with van der Waals surface area (Å²) in [4.78, 5) is 10.6. The van der Waals surface area contributed by atoms with Gasteiger partial charge in [0.1, 0.15) is 0 Å². The average Bonchev–Trinajstić information content (AvgIpc) is 1.82. The van der Waals surface area contributed by atoms with Gasteiger partial charge in [0, 0.05) is 12.7 Å². The van der Waals surface area contributed by atoms with Crippen molar-refractivity contribution in [2.24, 2.45) is 5.84 Å². The second-order valence-electron chi connectivity index (χ2n) is 2.17. The van der Waals surface area contributed by atoms with Gasteiger partial charge in [-0.2, -0.15) is 0 Å². The van der Waals surface area contributed by atoms with Gasteiger partial charge >= 0.3 is 6.09 Å². The normalized spacial score (nSPS) is 12.4. The van der Waals surface area contributed by atoms with Crippen LogP contribution in [0, 0.1) is 0 Å². The van der Waals surface area contributed by atoms with E-state index in [1.54, 1.807) is 0 Å². The van der Waals surface area contributed by atoms with Crippen molar-refractivity contribution in [1.29, 1.82) is 0 Å². The predicted octanol–water partition coefficient (Wildman–Crippen LogP) is 0.192. The van der Waals surface area contributed by atoms with Crippen molar-refractivity contribution in [3.8, 4) is 0 Å². The van der Waals surface area contributed by atoms with Gasteiger partial charge in [0.05, 0.1) is 6.61 Å². The lowest BCUT2D eigenvalue weighted by atomic mass is 10.5. The van der Waals surface area contributed by atoms with E-state index in [-0.39, 0.29) is 5.66 Å². The molecule has 0 heterocycles. The van der Waals surface area contributed by atoms with Crippen LogP contribution in [0.25, 0.3) is 0 Å². The summed E-state index contributed by atoms with van der Waals surface area (Å²) in [5.74, 6) is 5.07. The van der Waals surface area contributed by atoms with Crippen LogP contribution in [0.5, 0.6) is 0 Å². The molecule has 1 amide bonds. The lowest BCUT2D eigenvalue weighted by Gasteiger charge is -2.11. The fraction of sp³-hybridized carbons (Fsp3) is 0.800. The summed E-state index contributed by atoms with van der Waals surface area (Å²) < 4.78 is 4.71. The van der Waals surface area contributed by atoms with E-state index >= 15 is 0 Å². The van der Waals surface area contributed by atoms with Crippen molar-refractivity contribution < 1.29 is 9.53 Å². The van der Waals surface area contributed by atoms with Crippen molar-refractivity contribution in [3.63, 3.8) is 0 Å². The van der Waals surface area contributed by atoms with Crippen LogP contribution in [0.3, 0.4) is 0 Å². The van der Waals surface area contributed by atoms with Crippen molar-refractivity contribution in [2.45, 2.75) is 12.6 Å². The number of nitrogens with zero attached hydrogens (tertiary/aromatic N) is 1. The van der Waals surface area contributed by atoms with E-state index in [2.05, 4.69) is 9.24 Å². The summed E-state index contributed by atoms with van der Waals surface area (Å²) in [7, 11) is 3.96. The number of hydrogen-bond donors (Lipinski definition) is 1. The SMILES string of the molecule is CC(P)COC(=O)N(C)N. The van der Waals surface area contributed by atoms with E-state index in [0.717, 1.165) is 5.01 Å². The zero-order chi connectivity index (χ0) is 8.15. The number of hydrogen-bond acceptors (Lipinski definition) is 3. The predicted molar refractivity (Wildman–Crippen MR) is 42.5 cm³/mol. The number of carbonyl (C=O) groups is 1. The molecular formula is C5H13N2O2P. The molecule has 0 aromatic heterocycles. The molecule has 0 saturated heterocycles. The third kappa shape index (κ3) is 4.53. The van der Waals surface area contributed by atoms with Crippen LogP contribution < -0.4 is 5.84 Å². The summed E-state index contributed by atoms with van der Waals surface area (Å²) in [6, 6.07) is 0. The van der Waals surface area contributed by atoms with Gasteiger partial charge in [-0.15, -0.1) is 9.24 Å². The maximum absolute atomic E-state index is 10.6. The zero-order valence-electron chi connectivity index (χ0n) is 6.20. The molecule has 0 fully saturated rings. The van der Waals surface area contributed by atoms with Gasteiger partial charge in [0.2, 0.25) is 0 Å². The molecule has 5 heteroatoms. The van der Waals surface area contributed by atoms with Gasteiger partial charge in [-0.05, 0) is 0 Å². The van der Waals surface area contributed by atoms with Gasteiger partial charge in [-0.3, -0.25) is 0 Å². The van der Waals surface area contributed by atoms with Gasteiger partial charge in [-0.1, -0.05) is 6.92 Å². The molecule has 0 aromatic carbocycles. The molecule has 60 valence electrons. The largest absolute Gasteiger partial charge is 0.448 e. The maximum Gasteiger partial charge on any atom is 0.423 e. The third-order valence-corrected chi connectivity index (χ3v) is 0.950. The quantitative estimate of drug-likeness (QED) is 0.274. The first-order valence-corrected chi connectivity index (χ1v) is 3.61. The molecule has 10 heavy (non-hydrogen) atoms. The fourth-order valence-electron chi connectivity index (χ4n) is 0.305. The molecule has 4 nitrogen and oxygen atoms in total. The zero-order valence-corrected chi connectivity index (χ0v) is 7.36. The van der Waals surface area contributed by atoms with Crippen LogP contribution in [0.15, 0.2) is 0 Å². The Kier molecular flexibility index (Phi) is 4.32. The van der Waals surface area contributed by atoms with E-state index in [1.807, 2.05) is 6.92 Å². The van der Waals surface area contributed by atoms with E-state index in [1.165, 1.54) is 7.05 Å². The average molecular weight is 164 g/mol. The Balaban J connectivity index is 3.40. The minimum absolute atomic E-state index is 0.267. The van der Waals surface area contributed by atoms with Crippen LogP contribution in [-0.2, 0) is 4.74 Å². The Morgan fingerprint density at radius 3 is 2.70 bits per heavy atom. The number of amides is 1. The molecule has 0 radical (unpaired) electrons. The van der Waals surface area contributed by atoms with Crippen LogP contribution in [0.2, 0.25) is 0 Å². The summed E-state index contributed by atoms with van der Waals surface area (Å²) in [5, 5.41) is 0.910. The summed E-state index contributed by atoms with van der Waals surface area (Å²) in [6.45, 7) is 2.31. The smallest absolute Gasteiger partial charge is 0.423 e. The molecule has 0 aliphatic carbocycles. The van der Waals surface area contributed by atoms with Crippen molar-refractivity contribution in [2.75, 3.05) is 13.7 Å². The first-order valence-electron chi connectivity index (χ1n) is 2.94. The van der Waals surface area contributed by atoms with Crippen LogP contribution in [0.4, 0.5) is 4.79 Å².